The number of nitrogens with zero attached hydrogens (tertiary/aromatic N) is 3. The molecule has 0 saturated carbocycles. The Bertz CT molecular complexity index is 1640. The average molecular weight is 436 g/mol. The number of phenols is 1. The number of methoxy groups -OCH3 is 1. The molecule has 6 heteroatoms. The van der Waals surface area contributed by atoms with E-state index in [1.165, 1.54) is 27.3 Å². The summed E-state index contributed by atoms with van der Waals surface area (Å²) in [6.07, 6.45) is 0. The molecule has 32 heavy (non-hydrogen) atoms. The molecule has 0 bridgehead atoms. The van der Waals surface area contributed by atoms with E-state index in [1.54, 1.807) is 29.5 Å². The van der Waals surface area contributed by atoms with Crippen molar-refractivity contribution >= 4 is 42.3 Å². The van der Waals surface area contributed by atoms with Gasteiger partial charge in [0, 0.05) is 25.7 Å². The van der Waals surface area contributed by atoms with E-state index in [-0.39, 0.29) is 11.8 Å². The van der Waals surface area contributed by atoms with Crippen molar-refractivity contribution in [3.63, 3.8) is 0 Å². The van der Waals surface area contributed by atoms with Gasteiger partial charge in [-0.1, -0.05) is 54.6 Å². The average Bonchev–Trinajstić information content (AvgIpc) is 3.22. The molecule has 0 aliphatic heterocycles. The fourth-order valence-corrected chi connectivity index (χ4v) is 5.29. The molecule has 0 fully saturated rings. The van der Waals surface area contributed by atoms with E-state index in [4.69, 9.17) is 9.72 Å². The summed E-state index contributed by atoms with van der Waals surface area (Å²) in [6, 6.07) is 26.1. The van der Waals surface area contributed by atoms with Gasteiger partial charge in [0.25, 0.3) is 0 Å². The monoisotopic (exact) mass is 435 g/mol. The van der Waals surface area contributed by atoms with Crippen molar-refractivity contribution in [2.45, 2.75) is 0 Å². The molecule has 5 nitrogen and oxygen atoms in total. The predicted octanol–water partition coefficient (Wildman–Crippen LogP) is 6.44. The second kappa shape index (κ2) is 7.28. The first-order chi connectivity index (χ1) is 15.7. The lowest BCUT2D eigenvalue weighted by Crippen LogP contribution is -2.01. The van der Waals surface area contributed by atoms with Crippen molar-refractivity contribution in [1.82, 2.24) is 15.0 Å². The van der Waals surface area contributed by atoms with Crippen molar-refractivity contribution in [3.05, 3.63) is 78.9 Å². The Hall–Kier alpha value is -4.03. The quantitative estimate of drug-likeness (QED) is 0.346. The molecule has 0 unspecified atom stereocenters. The third-order valence-corrected chi connectivity index (χ3v) is 6.69. The van der Waals surface area contributed by atoms with Gasteiger partial charge in [-0.2, -0.15) is 9.97 Å². The highest BCUT2D eigenvalue weighted by atomic mass is 32.1. The van der Waals surface area contributed by atoms with Crippen LogP contribution in [0, 0.1) is 0 Å². The summed E-state index contributed by atoms with van der Waals surface area (Å²) in [5, 5.41) is 15.0. The summed E-state index contributed by atoms with van der Waals surface area (Å²) in [4.78, 5) is 13.7. The van der Waals surface area contributed by atoms with E-state index in [0.29, 0.717) is 17.2 Å². The standard InChI is InChI=1S/C26H17N3O2S/c1-31-26-28-24(17-10-4-6-12-20(17)30)27-25(29-26)19-14-22-23(16-9-3-2-8-15(16)19)18-11-5-7-13-21(18)32-22/h2-14,30H,1H3. The first kappa shape index (κ1) is 18.7. The summed E-state index contributed by atoms with van der Waals surface area (Å²) < 4.78 is 7.80. The first-order valence-electron chi connectivity index (χ1n) is 10.1. The van der Waals surface area contributed by atoms with Crippen LogP contribution in [0.15, 0.2) is 78.9 Å². The minimum Gasteiger partial charge on any atom is -0.507 e. The van der Waals surface area contributed by atoms with Crippen molar-refractivity contribution in [1.29, 1.82) is 0 Å². The molecular weight excluding hydrogens is 418 g/mol. The van der Waals surface area contributed by atoms with Crippen LogP contribution in [0.2, 0.25) is 0 Å². The molecule has 0 aliphatic rings. The maximum atomic E-state index is 10.3. The van der Waals surface area contributed by atoms with Crippen molar-refractivity contribution < 1.29 is 9.84 Å². The van der Waals surface area contributed by atoms with Crippen molar-refractivity contribution in [3.8, 4) is 34.5 Å². The number of ether oxygens (including phenoxy) is 1. The summed E-state index contributed by atoms with van der Waals surface area (Å²) in [7, 11) is 1.53. The maximum Gasteiger partial charge on any atom is 0.320 e. The lowest BCUT2D eigenvalue weighted by atomic mass is 9.99. The topological polar surface area (TPSA) is 68.1 Å². The first-order valence-corrected chi connectivity index (χ1v) is 11.0. The SMILES string of the molecule is COc1nc(-c2ccccc2O)nc(-c2cc3sc4ccccc4c3c3ccccc23)n1. The molecule has 2 heterocycles. The van der Waals surface area contributed by atoms with E-state index >= 15 is 0 Å². The van der Waals surface area contributed by atoms with Gasteiger partial charge in [-0.25, -0.2) is 4.98 Å². The summed E-state index contributed by atoms with van der Waals surface area (Å²) in [6.45, 7) is 0. The van der Waals surface area contributed by atoms with Crippen molar-refractivity contribution in [2.24, 2.45) is 0 Å². The zero-order chi connectivity index (χ0) is 21.7. The van der Waals surface area contributed by atoms with Crippen LogP contribution in [0.5, 0.6) is 11.8 Å². The molecule has 4 aromatic carbocycles. The lowest BCUT2D eigenvalue weighted by Gasteiger charge is -2.11. The Labute approximate surface area is 187 Å². The molecule has 0 radical (unpaired) electrons. The molecule has 6 rings (SSSR count). The zero-order valence-electron chi connectivity index (χ0n) is 17.1. The Morgan fingerprint density at radius 2 is 1.34 bits per heavy atom. The number of hydrogen-bond acceptors (Lipinski definition) is 6. The predicted molar refractivity (Wildman–Crippen MR) is 129 cm³/mol. The number of phenolic OH excluding ortho intramolecular Hbond substituents is 1. The van der Waals surface area contributed by atoms with Gasteiger partial charge in [-0.3, -0.25) is 0 Å². The highest BCUT2D eigenvalue weighted by molar-refractivity contribution is 7.26. The van der Waals surface area contributed by atoms with Crippen LogP contribution in [-0.2, 0) is 0 Å². The highest BCUT2D eigenvalue weighted by Gasteiger charge is 2.18. The van der Waals surface area contributed by atoms with Gasteiger partial charge in [0.1, 0.15) is 5.75 Å². The van der Waals surface area contributed by atoms with E-state index in [0.717, 1.165) is 16.3 Å². The highest BCUT2D eigenvalue weighted by Crippen LogP contribution is 2.42. The number of fused-ring (bicyclic) bond motifs is 5. The van der Waals surface area contributed by atoms with Crippen molar-refractivity contribution in [2.75, 3.05) is 7.11 Å². The molecule has 0 atom stereocenters. The lowest BCUT2D eigenvalue weighted by molar-refractivity contribution is 0.379. The van der Waals surface area contributed by atoms with E-state index in [2.05, 4.69) is 58.5 Å². The Morgan fingerprint density at radius 1 is 0.688 bits per heavy atom. The van der Waals surface area contributed by atoms with Gasteiger partial charge in [0.15, 0.2) is 11.6 Å². The number of aromatic hydroxyl groups is 1. The fourth-order valence-electron chi connectivity index (χ4n) is 4.13. The number of hydrogen-bond donors (Lipinski definition) is 1. The second-order valence-electron chi connectivity index (χ2n) is 7.43. The molecule has 154 valence electrons. The minimum absolute atomic E-state index is 0.108. The zero-order valence-corrected chi connectivity index (χ0v) is 17.9. The maximum absolute atomic E-state index is 10.3. The second-order valence-corrected chi connectivity index (χ2v) is 8.51. The van der Waals surface area contributed by atoms with Crippen LogP contribution in [0.1, 0.15) is 0 Å². The summed E-state index contributed by atoms with van der Waals surface area (Å²) >= 11 is 1.76. The number of benzene rings is 4. The van der Waals surface area contributed by atoms with Crippen LogP contribution in [-0.4, -0.2) is 27.2 Å². The molecule has 0 spiro atoms. The van der Waals surface area contributed by atoms with Gasteiger partial charge < -0.3 is 9.84 Å². The Morgan fingerprint density at radius 3 is 2.12 bits per heavy atom. The Balaban J connectivity index is 1.69. The molecule has 0 aliphatic carbocycles. The van der Waals surface area contributed by atoms with Gasteiger partial charge in [-0.15, -0.1) is 11.3 Å². The van der Waals surface area contributed by atoms with Gasteiger partial charge in [0.2, 0.25) is 0 Å². The van der Waals surface area contributed by atoms with E-state index in [9.17, 15) is 5.11 Å². The fraction of sp³-hybridized carbons (Fsp3) is 0.0385. The van der Waals surface area contributed by atoms with Crippen LogP contribution in [0.4, 0.5) is 0 Å². The normalized spacial score (nSPS) is 11.4. The van der Waals surface area contributed by atoms with Gasteiger partial charge in [-0.05, 0) is 35.0 Å². The van der Waals surface area contributed by atoms with Gasteiger partial charge in [0.05, 0.1) is 12.7 Å². The Kier molecular flexibility index (Phi) is 4.26. The molecule has 0 saturated heterocycles. The number of rotatable bonds is 3. The summed E-state index contributed by atoms with van der Waals surface area (Å²) in [5.74, 6) is 0.979. The largest absolute Gasteiger partial charge is 0.507 e. The van der Waals surface area contributed by atoms with E-state index in [1.807, 2.05) is 12.1 Å². The number of aromatic nitrogens is 3. The number of thiophene rings is 1. The van der Waals surface area contributed by atoms with E-state index < -0.39 is 0 Å². The smallest absolute Gasteiger partial charge is 0.320 e. The van der Waals surface area contributed by atoms with Crippen LogP contribution in [0.3, 0.4) is 0 Å². The molecule has 1 N–H and O–H groups in total. The van der Waals surface area contributed by atoms with Crippen LogP contribution < -0.4 is 4.74 Å². The molecule has 6 aromatic rings. The summed E-state index contributed by atoms with van der Waals surface area (Å²) in [5.41, 5.74) is 1.43. The third-order valence-electron chi connectivity index (χ3n) is 5.57. The number of para-hydroxylation sites is 1. The van der Waals surface area contributed by atoms with Crippen LogP contribution >= 0.6 is 11.3 Å². The van der Waals surface area contributed by atoms with Crippen LogP contribution in [0.25, 0.3) is 53.7 Å². The molecular formula is C26H17N3O2S. The van der Waals surface area contributed by atoms with Gasteiger partial charge >= 0.3 is 6.01 Å². The third kappa shape index (κ3) is 2.88. The molecule has 2 aromatic heterocycles. The minimum atomic E-state index is 0.108. The molecule has 0 amide bonds.